The topological polar surface area (TPSA) is 13.1 Å². The second kappa shape index (κ2) is 7.51. The lowest BCUT2D eigenvalue weighted by molar-refractivity contribution is 1.05. The maximum absolute atomic E-state index is 2.41. The zero-order valence-corrected chi connectivity index (χ0v) is 19.8. The number of aromatic nitrogens is 2. The second-order valence-corrected chi connectivity index (χ2v) is 9.28. The van der Waals surface area contributed by atoms with E-state index in [1.807, 2.05) is 0 Å². The lowest BCUT2D eigenvalue weighted by Crippen LogP contribution is -2.15. The number of hydrogen-bond donors (Lipinski definition) is 0. The van der Waals surface area contributed by atoms with E-state index < -0.39 is 0 Å². The van der Waals surface area contributed by atoms with Gasteiger partial charge in [0.1, 0.15) is 0 Å². The van der Waals surface area contributed by atoms with Crippen molar-refractivity contribution in [3.8, 4) is 11.4 Å². The second-order valence-electron chi connectivity index (χ2n) is 9.28. The van der Waals surface area contributed by atoms with Crippen molar-refractivity contribution in [1.29, 1.82) is 0 Å². The molecule has 2 heterocycles. The molecular formula is C32H25N3. The Bertz CT molecular complexity index is 1650. The predicted molar refractivity (Wildman–Crippen MR) is 149 cm³/mol. The van der Waals surface area contributed by atoms with E-state index in [1.165, 1.54) is 60.7 Å². The van der Waals surface area contributed by atoms with Crippen molar-refractivity contribution in [2.75, 3.05) is 19.0 Å². The van der Waals surface area contributed by atoms with E-state index >= 15 is 0 Å². The minimum absolute atomic E-state index is 1.17. The summed E-state index contributed by atoms with van der Waals surface area (Å²) < 4.78 is 4.83. The number of para-hydroxylation sites is 5. The van der Waals surface area contributed by atoms with Gasteiger partial charge in [0.2, 0.25) is 0 Å². The molecule has 5 aromatic carbocycles. The van der Waals surface area contributed by atoms with Crippen molar-refractivity contribution in [1.82, 2.24) is 9.13 Å². The molecule has 2 aromatic heterocycles. The molecule has 0 aliphatic heterocycles. The van der Waals surface area contributed by atoms with Gasteiger partial charge in [0.15, 0.2) is 0 Å². The van der Waals surface area contributed by atoms with Crippen LogP contribution in [-0.4, -0.2) is 23.2 Å². The molecule has 0 saturated heterocycles. The fourth-order valence-electron chi connectivity index (χ4n) is 5.70. The Morgan fingerprint density at radius 2 is 0.714 bits per heavy atom. The molecule has 0 spiro atoms. The van der Waals surface area contributed by atoms with E-state index in [0.717, 1.165) is 0 Å². The van der Waals surface area contributed by atoms with Gasteiger partial charge in [-0.3, -0.25) is 0 Å². The Labute approximate surface area is 204 Å². The highest BCUT2D eigenvalue weighted by atomic mass is 15.1. The summed E-state index contributed by atoms with van der Waals surface area (Å²) in [5, 5.41) is 5.09. The van der Waals surface area contributed by atoms with E-state index in [9.17, 15) is 0 Å². The van der Waals surface area contributed by atoms with Gasteiger partial charge in [-0.2, -0.15) is 0 Å². The number of rotatable bonds is 3. The third kappa shape index (κ3) is 2.79. The van der Waals surface area contributed by atoms with Gasteiger partial charge in [-0.05, 0) is 36.4 Å². The van der Waals surface area contributed by atoms with Gasteiger partial charge in [0.25, 0.3) is 0 Å². The lowest BCUT2D eigenvalue weighted by atomic mass is 10.2. The molecule has 168 valence electrons. The van der Waals surface area contributed by atoms with Crippen molar-refractivity contribution in [2.45, 2.75) is 0 Å². The molecular weight excluding hydrogens is 426 g/mol. The van der Waals surface area contributed by atoms with E-state index in [2.05, 4.69) is 143 Å². The highest BCUT2D eigenvalue weighted by Gasteiger charge is 2.20. The SMILES string of the molecule is CN(C)c1c(-n2c3ccccc3c3ccccc32)cccc1-n1c2ccccc2c2ccccc21. The minimum atomic E-state index is 1.17. The van der Waals surface area contributed by atoms with E-state index in [-0.39, 0.29) is 0 Å². The summed E-state index contributed by atoms with van der Waals surface area (Å²) >= 11 is 0. The van der Waals surface area contributed by atoms with Crippen LogP contribution < -0.4 is 4.90 Å². The standard InChI is InChI=1S/C32H25N3/c1-33(2)32-30(34-26-16-7-3-12-22(26)23-13-4-8-17-27(23)34)20-11-21-31(32)35-28-18-9-5-14-24(28)25-15-6-10-19-29(25)35/h3-21H,1-2H3. The fraction of sp³-hybridized carbons (Fsp3) is 0.0625. The van der Waals surface area contributed by atoms with Crippen molar-refractivity contribution in [3.05, 3.63) is 115 Å². The third-order valence-corrected chi connectivity index (χ3v) is 7.08. The van der Waals surface area contributed by atoms with Crippen LogP contribution in [0.25, 0.3) is 55.0 Å². The van der Waals surface area contributed by atoms with Gasteiger partial charge < -0.3 is 14.0 Å². The zero-order valence-electron chi connectivity index (χ0n) is 19.8. The molecule has 3 nitrogen and oxygen atoms in total. The van der Waals surface area contributed by atoms with E-state index in [0.29, 0.717) is 0 Å². The van der Waals surface area contributed by atoms with Crippen LogP contribution in [0.5, 0.6) is 0 Å². The smallest absolute Gasteiger partial charge is 0.0850 e. The Kier molecular flexibility index (Phi) is 4.27. The number of benzene rings is 5. The molecule has 0 atom stereocenters. The van der Waals surface area contributed by atoms with Crippen molar-refractivity contribution < 1.29 is 0 Å². The van der Waals surface area contributed by atoms with Crippen LogP contribution in [-0.2, 0) is 0 Å². The maximum atomic E-state index is 2.41. The van der Waals surface area contributed by atoms with Crippen molar-refractivity contribution in [3.63, 3.8) is 0 Å². The quantitative estimate of drug-likeness (QED) is 0.266. The molecule has 3 heteroatoms. The number of hydrogen-bond acceptors (Lipinski definition) is 1. The summed E-state index contributed by atoms with van der Waals surface area (Å²) in [6.07, 6.45) is 0. The maximum Gasteiger partial charge on any atom is 0.0850 e. The molecule has 0 aliphatic carbocycles. The molecule has 0 fully saturated rings. The van der Waals surface area contributed by atoms with Crippen LogP contribution in [0, 0.1) is 0 Å². The molecule has 0 radical (unpaired) electrons. The van der Waals surface area contributed by atoms with Crippen LogP contribution in [0.4, 0.5) is 5.69 Å². The first-order valence-corrected chi connectivity index (χ1v) is 12.0. The van der Waals surface area contributed by atoms with Crippen LogP contribution >= 0.6 is 0 Å². The van der Waals surface area contributed by atoms with Gasteiger partial charge in [-0.25, -0.2) is 0 Å². The Morgan fingerprint density at radius 3 is 1.03 bits per heavy atom. The van der Waals surface area contributed by atoms with Gasteiger partial charge in [-0.15, -0.1) is 0 Å². The lowest BCUT2D eigenvalue weighted by Gasteiger charge is -2.24. The summed E-state index contributed by atoms with van der Waals surface area (Å²) in [5.74, 6) is 0. The average molecular weight is 452 g/mol. The summed E-state index contributed by atoms with van der Waals surface area (Å²) in [4.78, 5) is 2.25. The van der Waals surface area contributed by atoms with Gasteiger partial charge in [0.05, 0.1) is 39.1 Å². The monoisotopic (exact) mass is 451 g/mol. The molecule has 0 saturated carbocycles. The summed E-state index contributed by atoms with van der Waals surface area (Å²) in [5.41, 5.74) is 8.41. The third-order valence-electron chi connectivity index (χ3n) is 7.08. The normalized spacial score (nSPS) is 11.7. The zero-order chi connectivity index (χ0) is 23.5. The van der Waals surface area contributed by atoms with E-state index in [1.54, 1.807) is 0 Å². The largest absolute Gasteiger partial charge is 0.374 e. The van der Waals surface area contributed by atoms with Gasteiger partial charge in [0, 0.05) is 35.6 Å². The summed E-state index contributed by atoms with van der Waals surface area (Å²) in [6, 6.07) is 41.5. The van der Waals surface area contributed by atoms with Crippen LogP contribution in [0.3, 0.4) is 0 Å². The first-order chi connectivity index (χ1) is 17.2. The van der Waals surface area contributed by atoms with Gasteiger partial charge >= 0.3 is 0 Å². The molecule has 35 heavy (non-hydrogen) atoms. The van der Waals surface area contributed by atoms with E-state index in [4.69, 9.17) is 0 Å². The summed E-state index contributed by atoms with van der Waals surface area (Å²) in [6.45, 7) is 0. The molecule has 0 N–H and O–H groups in total. The average Bonchev–Trinajstić information content (AvgIpc) is 3.41. The predicted octanol–water partition coefficient (Wildman–Crippen LogP) is 7.95. The molecule has 7 aromatic rings. The van der Waals surface area contributed by atoms with Crippen molar-refractivity contribution in [2.24, 2.45) is 0 Å². The summed E-state index contributed by atoms with van der Waals surface area (Å²) in [7, 11) is 4.29. The van der Waals surface area contributed by atoms with Crippen LogP contribution in [0.1, 0.15) is 0 Å². The Morgan fingerprint density at radius 1 is 0.400 bits per heavy atom. The van der Waals surface area contributed by atoms with Gasteiger partial charge in [-0.1, -0.05) is 78.9 Å². The molecule has 0 unspecified atom stereocenters. The molecule has 7 rings (SSSR count). The number of nitrogens with zero attached hydrogens (tertiary/aromatic N) is 3. The van der Waals surface area contributed by atoms with Crippen LogP contribution in [0.15, 0.2) is 115 Å². The fourth-order valence-corrected chi connectivity index (χ4v) is 5.70. The Balaban J connectivity index is 1.64. The molecule has 0 bridgehead atoms. The van der Waals surface area contributed by atoms with Crippen molar-refractivity contribution >= 4 is 49.3 Å². The number of fused-ring (bicyclic) bond motifs is 6. The number of anilines is 1. The first kappa shape index (κ1) is 19.9. The first-order valence-electron chi connectivity index (χ1n) is 12.0. The Hall–Kier alpha value is -4.50. The highest BCUT2D eigenvalue weighted by molar-refractivity contribution is 6.11. The molecule has 0 amide bonds. The molecule has 0 aliphatic rings. The van der Waals surface area contributed by atoms with Crippen LogP contribution in [0.2, 0.25) is 0 Å². The minimum Gasteiger partial charge on any atom is -0.374 e. The highest BCUT2D eigenvalue weighted by Crippen LogP contribution is 2.40.